The van der Waals surface area contributed by atoms with Crippen LogP contribution in [0.2, 0.25) is 0 Å². The molecule has 0 heterocycles. The second-order valence-corrected chi connectivity index (χ2v) is 7.18. The van der Waals surface area contributed by atoms with Gasteiger partial charge in [-0.15, -0.1) is 10.1 Å². The summed E-state index contributed by atoms with van der Waals surface area (Å²) in [6.45, 7) is 5.02. The van der Waals surface area contributed by atoms with Crippen LogP contribution in [-0.2, 0) is 16.2 Å². The monoisotopic (exact) mass is 435 g/mol. The van der Waals surface area contributed by atoms with Crippen molar-refractivity contribution in [3.63, 3.8) is 0 Å². The highest BCUT2D eigenvalue weighted by atomic mass is 32.2. The van der Waals surface area contributed by atoms with Crippen LogP contribution in [0.1, 0.15) is 41.4 Å². The van der Waals surface area contributed by atoms with Gasteiger partial charge in [0.2, 0.25) is 0 Å². The molecule has 1 unspecified atom stereocenters. The molecular weight excluding hydrogens is 406 g/mol. The van der Waals surface area contributed by atoms with Gasteiger partial charge in [-0.2, -0.15) is 0 Å². The van der Waals surface area contributed by atoms with Crippen LogP contribution in [0.15, 0.2) is 48.5 Å². The quantitative estimate of drug-likeness (QED) is 0.233. The number of hydrogen-bond acceptors (Lipinski definition) is 8. The minimum Gasteiger partial charge on any atom is -0.375 e. The van der Waals surface area contributed by atoms with Gasteiger partial charge in [-0.05, 0) is 23.3 Å². The fraction of sp³-hybridized carbons (Fsp3) is 0.381. The molecule has 0 spiro atoms. The van der Waals surface area contributed by atoms with Crippen molar-refractivity contribution in [2.45, 2.75) is 32.6 Å². The Balaban J connectivity index is 0.000000311. The molecule has 2 aromatic carbocycles. The number of methoxy groups -OCH3 is 1. The van der Waals surface area contributed by atoms with Crippen molar-refractivity contribution < 1.29 is 19.5 Å². The fourth-order valence-electron chi connectivity index (χ4n) is 2.38. The van der Waals surface area contributed by atoms with E-state index in [2.05, 4.69) is 53.0 Å². The van der Waals surface area contributed by atoms with Gasteiger partial charge in [-0.25, -0.2) is 0 Å². The molecule has 0 radical (unpaired) electrons. The van der Waals surface area contributed by atoms with E-state index in [0.29, 0.717) is 23.5 Å². The molecule has 0 amide bonds. The third-order valence-electron chi connectivity index (χ3n) is 3.95. The van der Waals surface area contributed by atoms with Gasteiger partial charge in [-0.1, -0.05) is 62.2 Å². The van der Waals surface area contributed by atoms with Crippen LogP contribution in [0.5, 0.6) is 0 Å². The van der Waals surface area contributed by atoms with Crippen molar-refractivity contribution in [2.75, 3.05) is 24.6 Å². The number of rotatable bonds is 11. The summed E-state index contributed by atoms with van der Waals surface area (Å²) in [5.41, 5.74) is 3.51. The lowest BCUT2D eigenvalue weighted by Gasteiger charge is -2.18. The molecule has 30 heavy (non-hydrogen) atoms. The van der Waals surface area contributed by atoms with Gasteiger partial charge < -0.3 is 19.6 Å². The Labute approximate surface area is 181 Å². The summed E-state index contributed by atoms with van der Waals surface area (Å²) < 4.78 is 8.70. The lowest BCUT2D eigenvalue weighted by molar-refractivity contribution is -0.763. The summed E-state index contributed by atoms with van der Waals surface area (Å²) >= 11 is 1.60. The SMILES string of the molecule is COC(CNC(C)C)c1ccc(NSC)cc1.O=Cc1ccc(CO[N+](=O)[O-])cc1. The molecular formula is C21H29N3O5S. The number of ether oxygens (including phenoxy) is 1. The molecule has 1 atom stereocenters. The fourth-order valence-corrected chi connectivity index (χ4v) is 2.76. The molecule has 2 aromatic rings. The van der Waals surface area contributed by atoms with Crippen molar-refractivity contribution in [1.29, 1.82) is 0 Å². The molecule has 0 aliphatic heterocycles. The van der Waals surface area contributed by atoms with Crippen molar-refractivity contribution in [1.82, 2.24) is 5.32 Å². The van der Waals surface area contributed by atoms with Gasteiger partial charge >= 0.3 is 0 Å². The number of nitrogens with one attached hydrogen (secondary N) is 2. The van der Waals surface area contributed by atoms with E-state index in [1.54, 1.807) is 43.3 Å². The Morgan fingerprint density at radius 1 is 1.13 bits per heavy atom. The van der Waals surface area contributed by atoms with Crippen LogP contribution in [0.4, 0.5) is 5.69 Å². The topological polar surface area (TPSA) is 103 Å². The second-order valence-electron chi connectivity index (χ2n) is 6.57. The first-order valence-electron chi connectivity index (χ1n) is 9.36. The number of hydrogen-bond donors (Lipinski definition) is 2. The predicted octanol–water partition coefficient (Wildman–Crippen LogP) is 4.27. The largest absolute Gasteiger partial charge is 0.375 e. The van der Waals surface area contributed by atoms with Crippen molar-refractivity contribution in [3.8, 4) is 0 Å². The van der Waals surface area contributed by atoms with E-state index >= 15 is 0 Å². The predicted molar refractivity (Wildman–Crippen MR) is 120 cm³/mol. The summed E-state index contributed by atoms with van der Waals surface area (Å²) in [6.07, 6.45) is 2.83. The van der Waals surface area contributed by atoms with Crippen molar-refractivity contribution >= 4 is 23.9 Å². The highest BCUT2D eigenvalue weighted by Crippen LogP contribution is 2.19. The normalized spacial score (nSPS) is 11.2. The molecule has 8 nitrogen and oxygen atoms in total. The van der Waals surface area contributed by atoms with Gasteiger partial charge in [0.15, 0.2) is 0 Å². The van der Waals surface area contributed by atoms with Crippen LogP contribution in [-0.4, -0.2) is 37.3 Å². The molecule has 0 saturated carbocycles. The molecule has 9 heteroatoms. The number of anilines is 1. The zero-order valence-electron chi connectivity index (χ0n) is 17.7. The highest BCUT2D eigenvalue weighted by Gasteiger charge is 2.10. The Morgan fingerprint density at radius 2 is 1.77 bits per heavy atom. The second kappa shape index (κ2) is 14.4. The van der Waals surface area contributed by atoms with Crippen LogP contribution in [0, 0.1) is 10.1 Å². The average Bonchev–Trinajstić information content (AvgIpc) is 2.74. The third kappa shape index (κ3) is 10.2. The Hall–Kier alpha value is -2.62. The molecule has 0 aliphatic carbocycles. The van der Waals surface area contributed by atoms with Crippen LogP contribution >= 0.6 is 11.9 Å². The number of carbonyl (C=O) groups is 1. The van der Waals surface area contributed by atoms with Crippen molar-refractivity contribution in [2.24, 2.45) is 0 Å². The maximum atomic E-state index is 10.2. The Bertz CT molecular complexity index is 754. The smallest absolute Gasteiger partial charge is 0.294 e. The maximum absolute atomic E-state index is 10.2. The van der Waals surface area contributed by atoms with E-state index in [0.717, 1.165) is 12.2 Å². The van der Waals surface area contributed by atoms with Crippen molar-refractivity contribution in [3.05, 3.63) is 75.3 Å². The Kier molecular flexibility index (Phi) is 12.2. The average molecular weight is 436 g/mol. The highest BCUT2D eigenvalue weighted by molar-refractivity contribution is 7.99. The molecule has 0 bridgehead atoms. The van der Waals surface area contributed by atoms with Crippen LogP contribution < -0.4 is 10.0 Å². The van der Waals surface area contributed by atoms with E-state index < -0.39 is 5.09 Å². The van der Waals surface area contributed by atoms with Gasteiger partial charge in [0.25, 0.3) is 5.09 Å². The molecule has 0 aromatic heterocycles. The lowest BCUT2D eigenvalue weighted by atomic mass is 10.1. The number of nitrogens with zero attached hydrogens (tertiary/aromatic N) is 1. The van der Waals surface area contributed by atoms with E-state index in [1.165, 1.54) is 5.56 Å². The summed E-state index contributed by atoms with van der Waals surface area (Å²) in [5, 5.41) is 12.4. The first-order chi connectivity index (χ1) is 14.4. The molecule has 164 valence electrons. The first kappa shape index (κ1) is 25.4. The lowest BCUT2D eigenvalue weighted by Crippen LogP contribution is -2.28. The number of aldehydes is 1. The molecule has 2 N–H and O–H groups in total. The van der Waals surface area contributed by atoms with Gasteiger partial charge in [0.1, 0.15) is 12.9 Å². The molecule has 0 aliphatic rings. The zero-order valence-corrected chi connectivity index (χ0v) is 18.5. The standard InChI is InChI=1S/C13H22N2OS.C8H7NO4/c1-10(2)14-9-13(16-3)11-5-7-12(8-6-11)15-17-4;10-5-7-1-3-8(4-2-7)6-13-9(11)12/h5-8,10,13-15H,9H2,1-4H3;1-5H,6H2. The molecule has 0 saturated heterocycles. The summed E-state index contributed by atoms with van der Waals surface area (Å²) in [4.78, 5) is 24.2. The Morgan fingerprint density at radius 3 is 2.23 bits per heavy atom. The zero-order chi connectivity index (χ0) is 22.4. The minimum atomic E-state index is -0.854. The van der Waals surface area contributed by atoms with Gasteiger partial charge in [0.05, 0.1) is 6.10 Å². The summed E-state index contributed by atoms with van der Waals surface area (Å²) in [7, 11) is 1.75. The van der Waals surface area contributed by atoms with Crippen LogP contribution in [0.25, 0.3) is 0 Å². The minimum absolute atomic E-state index is 0.0911. The summed E-state index contributed by atoms with van der Waals surface area (Å²) in [6, 6.07) is 15.2. The number of carbonyl (C=O) groups excluding carboxylic acids is 1. The van der Waals surface area contributed by atoms with Crippen LogP contribution in [0.3, 0.4) is 0 Å². The van der Waals surface area contributed by atoms with E-state index in [1.807, 2.05) is 6.26 Å². The molecule has 0 fully saturated rings. The third-order valence-corrected chi connectivity index (χ3v) is 4.39. The van der Waals surface area contributed by atoms with E-state index in [9.17, 15) is 14.9 Å². The van der Waals surface area contributed by atoms with Gasteiger partial charge in [0, 0.05) is 37.2 Å². The molecule has 2 rings (SSSR count). The number of benzene rings is 2. The summed E-state index contributed by atoms with van der Waals surface area (Å²) in [5.74, 6) is 0. The first-order valence-corrected chi connectivity index (χ1v) is 10.6. The van der Waals surface area contributed by atoms with E-state index in [4.69, 9.17) is 4.74 Å². The maximum Gasteiger partial charge on any atom is 0.294 e. The van der Waals surface area contributed by atoms with E-state index in [-0.39, 0.29) is 12.7 Å². The van der Waals surface area contributed by atoms with Gasteiger partial charge in [-0.3, -0.25) is 4.79 Å².